The van der Waals surface area contributed by atoms with E-state index in [4.69, 9.17) is 24.7 Å². The van der Waals surface area contributed by atoms with Gasteiger partial charge in [-0.15, -0.1) is 12.4 Å². The van der Waals surface area contributed by atoms with Gasteiger partial charge in [-0.3, -0.25) is 4.79 Å². The Labute approximate surface area is 152 Å². The van der Waals surface area contributed by atoms with E-state index in [9.17, 15) is 9.59 Å². The first-order chi connectivity index (χ1) is 11.5. The number of hydrogen-bond donors (Lipinski definition) is 2. The standard InChI is InChI=1S/C16H22N2O6.ClH/c1-21-13-6-10(16(20)23-3)11(7-14(13)22-2)18-15(19)12-5-4-9(8-17)24-12;/h6-7,9,12H,4-5,8,17H2,1-3H3,(H,18,19);1H/t9-,12+;/m1./s1. The Morgan fingerprint density at radius 2 is 1.84 bits per heavy atom. The van der Waals surface area contributed by atoms with E-state index in [0.29, 0.717) is 24.5 Å². The Morgan fingerprint density at radius 3 is 2.36 bits per heavy atom. The van der Waals surface area contributed by atoms with Gasteiger partial charge in [0, 0.05) is 18.7 Å². The monoisotopic (exact) mass is 374 g/mol. The molecule has 25 heavy (non-hydrogen) atoms. The fraction of sp³-hybridized carbons (Fsp3) is 0.500. The van der Waals surface area contributed by atoms with Gasteiger partial charge in [0.05, 0.1) is 38.7 Å². The van der Waals surface area contributed by atoms with Crippen molar-refractivity contribution in [2.24, 2.45) is 5.73 Å². The van der Waals surface area contributed by atoms with E-state index in [-0.39, 0.29) is 35.7 Å². The number of anilines is 1. The molecular weight excluding hydrogens is 352 g/mol. The Balaban J connectivity index is 0.00000312. The van der Waals surface area contributed by atoms with Crippen molar-refractivity contribution in [3.63, 3.8) is 0 Å². The third-order valence-corrected chi connectivity index (χ3v) is 3.85. The van der Waals surface area contributed by atoms with E-state index in [0.717, 1.165) is 6.42 Å². The predicted octanol–water partition coefficient (Wildman–Crippen LogP) is 1.36. The van der Waals surface area contributed by atoms with E-state index >= 15 is 0 Å². The van der Waals surface area contributed by atoms with Crippen LogP contribution in [-0.4, -0.2) is 52.0 Å². The summed E-state index contributed by atoms with van der Waals surface area (Å²) in [6, 6.07) is 2.97. The molecule has 1 heterocycles. The van der Waals surface area contributed by atoms with Crippen LogP contribution in [0.1, 0.15) is 23.2 Å². The number of rotatable bonds is 6. The van der Waals surface area contributed by atoms with E-state index in [1.54, 1.807) is 0 Å². The molecule has 0 aliphatic carbocycles. The first-order valence-corrected chi connectivity index (χ1v) is 7.54. The molecule has 0 spiro atoms. The van der Waals surface area contributed by atoms with Crippen LogP contribution in [-0.2, 0) is 14.3 Å². The van der Waals surface area contributed by atoms with E-state index in [1.165, 1.54) is 33.5 Å². The summed E-state index contributed by atoms with van der Waals surface area (Å²) < 4.78 is 20.7. The van der Waals surface area contributed by atoms with Crippen LogP contribution < -0.4 is 20.5 Å². The summed E-state index contributed by atoms with van der Waals surface area (Å²) in [7, 11) is 4.18. The molecular formula is C16H23ClN2O6. The molecule has 3 N–H and O–H groups in total. The third-order valence-electron chi connectivity index (χ3n) is 3.85. The van der Waals surface area contributed by atoms with Crippen molar-refractivity contribution in [3.05, 3.63) is 17.7 Å². The van der Waals surface area contributed by atoms with Gasteiger partial charge in [0.15, 0.2) is 11.5 Å². The molecule has 2 rings (SSSR count). The lowest BCUT2D eigenvalue weighted by atomic mass is 10.1. The van der Waals surface area contributed by atoms with Gasteiger partial charge >= 0.3 is 5.97 Å². The van der Waals surface area contributed by atoms with Gasteiger partial charge in [-0.25, -0.2) is 4.79 Å². The molecule has 1 aromatic carbocycles. The largest absolute Gasteiger partial charge is 0.493 e. The highest BCUT2D eigenvalue weighted by Crippen LogP contribution is 2.34. The summed E-state index contributed by atoms with van der Waals surface area (Å²) >= 11 is 0. The summed E-state index contributed by atoms with van der Waals surface area (Å²) in [5, 5.41) is 2.70. The molecule has 2 atom stereocenters. The molecule has 1 aliphatic heterocycles. The van der Waals surface area contributed by atoms with Crippen LogP contribution in [0.2, 0.25) is 0 Å². The average molecular weight is 375 g/mol. The zero-order valence-corrected chi connectivity index (χ0v) is 15.2. The summed E-state index contributed by atoms with van der Waals surface area (Å²) in [5.74, 6) is -0.203. The second kappa shape index (κ2) is 9.45. The lowest BCUT2D eigenvalue weighted by molar-refractivity contribution is -0.126. The number of hydrogen-bond acceptors (Lipinski definition) is 7. The van der Waals surface area contributed by atoms with Crippen LogP contribution in [0.5, 0.6) is 11.5 Å². The summed E-state index contributed by atoms with van der Waals surface area (Å²) in [6.07, 6.45) is 0.585. The lowest BCUT2D eigenvalue weighted by Gasteiger charge is -2.17. The summed E-state index contributed by atoms with van der Waals surface area (Å²) in [5.41, 5.74) is 5.98. The van der Waals surface area contributed by atoms with Crippen LogP contribution in [0.4, 0.5) is 5.69 Å². The molecule has 0 unspecified atom stereocenters. The number of methoxy groups -OCH3 is 3. The highest BCUT2D eigenvalue weighted by Gasteiger charge is 2.31. The van der Waals surface area contributed by atoms with Crippen molar-refractivity contribution in [1.82, 2.24) is 0 Å². The minimum Gasteiger partial charge on any atom is -0.493 e. The van der Waals surface area contributed by atoms with Crippen LogP contribution in [0.25, 0.3) is 0 Å². The number of ether oxygens (including phenoxy) is 4. The fourth-order valence-electron chi connectivity index (χ4n) is 2.55. The molecule has 8 nitrogen and oxygen atoms in total. The van der Waals surface area contributed by atoms with Gasteiger partial charge in [0.25, 0.3) is 5.91 Å². The first-order valence-electron chi connectivity index (χ1n) is 7.54. The smallest absolute Gasteiger partial charge is 0.340 e. The van der Waals surface area contributed by atoms with Gasteiger partial charge in [-0.1, -0.05) is 0 Å². The highest BCUT2D eigenvalue weighted by molar-refractivity contribution is 6.03. The van der Waals surface area contributed by atoms with Crippen molar-refractivity contribution < 1.29 is 28.5 Å². The number of halogens is 1. The lowest BCUT2D eigenvalue weighted by Crippen LogP contribution is -2.30. The topological polar surface area (TPSA) is 109 Å². The quantitative estimate of drug-likeness (QED) is 0.723. The van der Waals surface area contributed by atoms with Gasteiger partial charge in [0.1, 0.15) is 6.10 Å². The molecule has 1 saturated heterocycles. The predicted molar refractivity (Wildman–Crippen MR) is 93.7 cm³/mol. The van der Waals surface area contributed by atoms with Gasteiger partial charge in [-0.2, -0.15) is 0 Å². The highest BCUT2D eigenvalue weighted by atomic mass is 35.5. The number of benzene rings is 1. The minimum atomic E-state index is -0.600. The minimum absolute atomic E-state index is 0. The number of nitrogens with two attached hydrogens (primary N) is 1. The Kier molecular flexibility index (Phi) is 7.95. The Hall–Kier alpha value is -2.03. The number of carbonyl (C=O) groups excluding carboxylic acids is 2. The summed E-state index contributed by atoms with van der Waals surface area (Å²) in [4.78, 5) is 24.4. The maximum absolute atomic E-state index is 12.4. The maximum atomic E-state index is 12.4. The third kappa shape index (κ3) is 4.75. The second-order valence-corrected chi connectivity index (χ2v) is 5.29. The molecule has 1 fully saturated rings. The Bertz CT molecular complexity index is 625. The Morgan fingerprint density at radius 1 is 1.20 bits per heavy atom. The van der Waals surface area contributed by atoms with Crippen molar-refractivity contribution in [1.29, 1.82) is 0 Å². The molecule has 9 heteroatoms. The van der Waals surface area contributed by atoms with Gasteiger partial charge in [-0.05, 0) is 12.8 Å². The van der Waals surface area contributed by atoms with Gasteiger partial charge in [0.2, 0.25) is 0 Å². The van der Waals surface area contributed by atoms with Crippen molar-refractivity contribution in [2.45, 2.75) is 25.0 Å². The molecule has 1 amide bonds. The zero-order chi connectivity index (χ0) is 17.7. The normalized spacial score (nSPS) is 18.9. The van der Waals surface area contributed by atoms with E-state index < -0.39 is 12.1 Å². The maximum Gasteiger partial charge on any atom is 0.340 e. The SMILES string of the molecule is COC(=O)c1cc(OC)c(OC)cc1NC(=O)[C@@H]1CC[C@H](CN)O1.Cl. The van der Waals surface area contributed by atoms with Crippen LogP contribution in [0.3, 0.4) is 0 Å². The molecule has 0 saturated carbocycles. The van der Waals surface area contributed by atoms with Crippen LogP contribution in [0, 0.1) is 0 Å². The van der Waals surface area contributed by atoms with E-state index in [2.05, 4.69) is 5.32 Å². The molecule has 1 aromatic rings. The van der Waals surface area contributed by atoms with Crippen LogP contribution >= 0.6 is 12.4 Å². The van der Waals surface area contributed by atoms with Crippen molar-refractivity contribution in [2.75, 3.05) is 33.2 Å². The fourth-order valence-corrected chi connectivity index (χ4v) is 2.55. The second-order valence-electron chi connectivity index (χ2n) is 5.29. The van der Waals surface area contributed by atoms with Crippen molar-refractivity contribution >= 4 is 30.0 Å². The van der Waals surface area contributed by atoms with Crippen LogP contribution in [0.15, 0.2) is 12.1 Å². The molecule has 140 valence electrons. The average Bonchev–Trinajstić information content (AvgIpc) is 3.09. The molecule has 0 bridgehead atoms. The number of nitrogens with one attached hydrogen (secondary N) is 1. The number of amides is 1. The molecule has 0 radical (unpaired) electrons. The molecule has 1 aliphatic rings. The summed E-state index contributed by atoms with van der Waals surface area (Å²) in [6.45, 7) is 0.369. The van der Waals surface area contributed by atoms with E-state index in [1.807, 2.05) is 0 Å². The van der Waals surface area contributed by atoms with Crippen molar-refractivity contribution in [3.8, 4) is 11.5 Å². The first kappa shape index (κ1) is 21.0. The van der Waals surface area contributed by atoms with Gasteiger partial charge < -0.3 is 30.0 Å². The zero-order valence-electron chi connectivity index (χ0n) is 14.4. The molecule has 0 aromatic heterocycles. The number of esters is 1. The number of carbonyl (C=O) groups is 2.